The normalized spacial score (nSPS) is 22.3. The average molecular weight is 489 g/mol. The molecule has 1 saturated heterocycles. The second-order valence-corrected chi connectivity index (χ2v) is 10.9. The molecule has 0 aromatic carbocycles. The number of ether oxygens (including phenoxy) is 2. The zero-order valence-electron chi connectivity index (χ0n) is 14.8. The molecule has 17 heteroatoms. The van der Waals surface area contributed by atoms with Gasteiger partial charge in [-0.15, -0.1) is 0 Å². The smallest absolute Gasteiger partial charge is 0.438 e. The van der Waals surface area contributed by atoms with Crippen molar-refractivity contribution in [3.63, 3.8) is 0 Å². The molecule has 0 aromatic heterocycles. The second-order valence-electron chi connectivity index (χ2n) is 5.09. The van der Waals surface area contributed by atoms with Crippen molar-refractivity contribution in [2.75, 3.05) is 50.4 Å². The molecule has 0 saturated carbocycles. The Kier molecular flexibility index (Phi) is 10.4. The van der Waals surface area contributed by atoms with Crippen LogP contribution in [0.4, 0.5) is 4.79 Å². The first kappa shape index (κ1) is 25.3. The minimum absolute atomic E-state index is 0.220. The first-order valence-corrected chi connectivity index (χ1v) is 13.1. The molecule has 4 unspecified atom stereocenters. The van der Waals surface area contributed by atoms with E-state index in [1.165, 1.54) is 0 Å². The Bertz CT molecular complexity index is 774. The van der Waals surface area contributed by atoms with Gasteiger partial charge in [0, 0.05) is 27.4 Å². The van der Waals surface area contributed by atoms with Crippen molar-refractivity contribution >= 4 is 48.6 Å². The lowest BCUT2D eigenvalue weighted by Crippen LogP contribution is -2.33. The van der Waals surface area contributed by atoms with E-state index < -0.39 is 67.4 Å². The third-order valence-corrected chi connectivity index (χ3v) is 7.59. The van der Waals surface area contributed by atoms with Gasteiger partial charge < -0.3 is 9.47 Å². The van der Waals surface area contributed by atoms with Crippen LogP contribution in [0.3, 0.4) is 0 Å². The molecule has 0 radical (unpaired) electrons. The largest absolute Gasteiger partial charge is 0.508 e. The molecule has 0 spiro atoms. The topological polar surface area (TPSA) is 175 Å². The summed E-state index contributed by atoms with van der Waals surface area (Å²) in [6.45, 7) is -0.740. The highest BCUT2D eigenvalue weighted by Crippen LogP contribution is 2.14. The van der Waals surface area contributed by atoms with Gasteiger partial charge in [0.25, 0.3) is 0 Å². The van der Waals surface area contributed by atoms with Crippen molar-refractivity contribution in [3.05, 3.63) is 0 Å². The summed E-state index contributed by atoms with van der Waals surface area (Å²) < 4.78 is 94.9. The summed E-state index contributed by atoms with van der Waals surface area (Å²) in [7, 11) is -9.74. The number of rotatable bonds is 12. The van der Waals surface area contributed by atoms with Gasteiger partial charge in [-0.2, -0.15) is 16.8 Å². The second kappa shape index (κ2) is 11.5. The highest BCUT2D eigenvalue weighted by atomic mass is 32.3. The van der Waals surface area contributed by atoms with Gasteiger partial charge in [0.15, 0.2) is 0 Å². The number of carbonyl (C=O) groups is 1. The van der Waals surface area contributed by atoms with Crippen LogP contribution in [0.5, 0.6) is 0 Å². The van der Waals surface area contributed by atoms with Crippen molar-refractivity contribution in [2.45, 2.75) is 12.2 Å². The quantitative estimate of drug-likeness (QED) is 0.282. The van der Waals surface area contributed by atoms with Crippen molar-refractivity contribution in [1.82, 2.24) is 0 Å². The minimum Gasteiger partial charge on any atom is -0.438 e. The van der Waals surface area contributed by atoms with Gasteiger partial charge in [-0.3, -0.25) is 12.6 Å². The average Bonchev–Trinajstić information content (AvgIpc) is 2.92. The van der Waals surface area contributed by atoms with E-state index in [1.54, 1.807) is 0 Å². The van der Waals surface area contributed by atoms with Gasteiger partial charge in [-0.25, -0.2) is 17.3 Å². The summed E-state index contributed by atoms with van der Waals surface area (Å²) in [5.74, 6) is -1.01. The van der Waals surface area contributed by atoms with Gasteiger partial charge in [0.2, 0.25) is 0 Å². The Morgan fingerprint density at radius 3 is 2.39 bits per heavy atom. The summed E-state index contributed by atoms with van der Waals surface area (Å²) in [6, 6.07) is 0. The molecule has 13 nitrogen and oxygen atoms in total. The molecule has 0 N–H and O–H groups in total. The Labute approximate surface area is 167 Å². The molecule has 1 aliphatic rings. The van der Waals surface area contributed by atoms with Crippen LogP contribution in [0.15, 0.2) is 0 Å². The molecular weight excluding hydrogens is 468 g/mol. The molecule has 166 valence electrons. The maximum Gasteiger partial charge on any atom is 0.508 e. The SMILES string of the molecule is COC(=O)OC(CS(=O)CCOS(=O)(=O)OC)CS(=O)CC1COS(=O)(=O)O1. The van der Waals surface area contributed by atoms with Crippen LogP contribution in [0.2, 0.25) is 0 Å². The molecular formula is C11H20O13S4. The molecule has 1 aliphatic heterocycles. The van der Waals surface area contributed by atoms with Crippen LogP contribution < -0.4 is 0 Å². The lowest BCUT2D eigenvalue weighted by Gasteiger charge is -2.17. The fourth-order valence-electron chi connectivity index (χ4n) is 1.81. The minimum atomic E-state index is -4.17. The summed E-state index contributed by atoms with van der Waals surface area (Å²) in [6.07, 6.45) is -3.16. The monoisotopic (exact) mass is 488 g/mol. The molecule has 1 fully saturated rings. The number of hydrogen-bond donors (Lipinski definition) is 0. The van der Waals surface area contributed by atoms with Gasteiger partial charge in [0.1, 0.15) is 12.2 Å². The summed E-state index contributed by atoms with van der Waals surface area (Å²) >= 11 is 0. The van der Waals surface area contributed by atoms with Crippen LogP contribution in [-0.2, 0) is 68.6 Å². The first-order chi connectivity index (χ1) is 13.0. The van der Waals surface area contributed by atoms with E-state index in [0.717, 1.165) is 14.2 Å². The van der Waals surface area contributed by atoms with Gasteiger partial charge in [0.05, 0.1) is 44.7 Å². The predicted octanol–water partition coefficient (Wildman–Crippen LogP) is -1.80. The maximum atomic E-state index is 12.2. The van der Waals surface area contributed by atoms with E-state index in [-0.39, 0.29) is 29.6 Å². The van der Waals surface area contributed by atoms with E-state index >= 15 is 0 Å². The molecule has 4 atom stereocenters. The molecule has 28 heavy (non-hydrogen) atoms. The fourth-order valence-corrected chi connectivity index (χ4v) is 5.72. The summed E-state index contributed by atoms with van der Waals surface area (Å²) in [5, 5.41) is 0. The van der Waals surface area contributed by atoms with Crippen LogP contribution in [0.25, 0.3) is 0 Å². The molecule has 0 bridgehead atoms. The van der Waals surface area contributed by atoms with E-state index in [1.807, 2.05) is 0 Å². The van der Waals surface area contributed by atoms with Gasteiger partial charge >= 0.3 is 27.0 Å². The zero-order valence-corrected chi connectivity index (χ0v) is 18.1. The summed E-state index contributed by atoms with van der Waals surface area (Å²) in [5.41, 5.74) is 0. The fraction of sp³-hybridized carbons (Fsp3) is 0.909. The van der Waals surface area contributed by atoms with E-state index in [9.17, 15) is 30.0 Å². The maximum absolute atomic E-state index is 12.2. The molecule has 0 aromatic rings. The number of hydrogen-bond acceptors (Lipinski definition) is 13. The van der Waals surface area contributed by atoms with Crippen molar-refractivity contribution < 1.29 is 56.3 Å². The Morgan fingerprint density at radius 2 is 1.86 bits per heavy atom. The van der Waals surface area contributed by atoms with E-state index in [2.05, 4.69) is 21.5 Å². The highest BCUT2D eigenvalue weighted by Gasteiger charge is 2.32. The lowest BCUT2D eigenvalue weighted by molar-refractivity contribution is 0.0519. The van der Waals surface area contributed by atoms with Crippen LogP contribution in [0, 0.1) is 0 Å². The van der Waals surface area contributed by atoms with Crippen molar-refractivity contribution in [3.8, 4) is 0 Å². The Balaban J connectivity index is 2.56. The predicted molar refractivity (Wildman–Crippen MR) is 94.7 cm³/mol. The third-order valence-electron chi connectivity index (χ3n) is 2.94. The van der Waals surface area contributed by atoms with Gasteiger partial charge in [-0.05, 0) is 0 Å². The molecule has 0 amide bonds. The number of carbonyl (C=O) groups excluding carboxylic acids is 1. The van der Waals surface area contributed by atoms with Crippen LogP contribution >= 0.6 is 0 Å². The van der Waals surface area contributed by atoms with Gasteiger partial charge in [-0.1, -0.05) is 0 Å². The lowest BCUT2D eigenvalue weighted by atomic mass is 10.4. The van der Waals surface area contributed by atoms with E-state index in [0.29, 0.717) is 0 Å². The molecule has 0 aliphatic carbocycles. The Hall–Kier alpha value is -0.690. The summed E-state index contributed by atoms with van der Waals surface area (Å²) in [4.78, 5) is 11.3. The third kappa shape index (κ3) is 10.2. The van der Waals surface area contributed by atoms with Crippen LogP contribution in [0.1, 0.15) is 0 Å². The van der Waals surface area contributed by atoms with Crippen molar-refractivity contribution in [2.24, 2.45) is 0 Å². The molecule has 1 rings (SSSR count). The van der Waals surface area contributed by atoms with E-state index in [4.69, 9.17) is 4.74 Å². The van der Waals surface area contributed by atoms with Crippen molar-refractivity contribution in [1.29, 1.82) is 0 Å². The number of methoxy groups -OCH3 is 1. The zero-order chi connectivity index (χ0) is 21.4. The molecule has 1 heterocycles. The highest BCUT2D eigenvalue weighted by molar-refractivity contribution is 7.86. The first-order valence-electron chi connectivity index (χ1n) is 7.43. The van der Waals surface area contributed by atoms with Crippen LogP contribution in [-0.4, -0.2) is 94.1 Å². The standard InChI is InChI=1S/C11H20O13S4/c1-19-11(12)23-10(7-25(13)4-3-21-27(15,16)20-2)8-26(14)6-9-5-22-28(17,18)24-9/h9-10H,3-8H2,1-2H3. The Morgan fingerprint density at radius 1 is 1.21 bits per heavy atom.